The number of rotatable bonds is 4. The Kier molecular flexibility index (Phi) is 4.84. The molecule has 0 unspecified atom stereocenters. The van der Waals surface area contributed by atoms with Crippen LogP contribution in [0.25, 0.3) is 6.08 Å². The summed E-state index contributed by atoms with van der Waals surface area (Å²) in [5, 5.41) is 0.359. The van der Waals surface area contributed by atoms with Crippen molar-refractivity contribution < 1.29 is 14.0 Å². The summed E-state index contributed by atoms with van der Waals surface area (Å²) in [7, 11) is 0. The first kappa shape index (κ1) is 16.5. The molecule has 3 rings (SSSR count). The summed E-state index contributed by atoms with van der Waals surface area (Å²) in [4.78, 5) is 26.3. The summed E-state index contributed by atoms with van der Waals surface area (Å²) in [5.41, 5.74) is 1.20. The second-order valence-electron chi connectivity index (χ2n) is 5.04. The molecule has 4 nitrogen and oxygen atoms in total. The number of hydrogen-bond acceptors (Lipinski definition) is 5. The molecule has 0 radical (unpaired) electrons. The minimum atomic E-state index is -0.382. The first-order valence-corrected chi connectivity index (χ1v) is 8.73. The minimum absolute atomic E-state index is 0.0192. The second kappa shape index (κ2) is 7.04. The number of thioether (sulfide) groups is 1. The van der Waals surface area contributed by atoms with Crippen LogP contribution in [0, 0.1) is 19.3 Å². The van der Waals surface area contributed by atoms with E-state index in [0.29, 0.717) is 15.8 Å². The number of amides is 2. The Morgan fingerprint density at radius 2 is 2.00 bits per heavy atom. The number of imide groups is 1. The highest BCUT2D eigenvalue weighted by Crippen LogP contribution is 2.34. The molecule has 24 heavy (non-hydrogen) atoms. The first-order valence-electron chi connectivity index (χ1n) is 7.10. The fraction of sp³-hybridized carbons (Fsp3) is 0.111. The third-order valence-corrected chi connectivity index (χ3v) is 5.07. The van der Waals surface area contributed by atoms with E-state index < -0.39 is 0 Å². The van der Waals surface area contributed by atoms with Crippen molar-refractivity contribution in [2.45, 2.75) is 16.9 Å². The zero-order valence-electron chi connectivity index (χ0n) is 12.8. The fourth-order valence-corrected chi connectivity index (χ4v) is 3.64. The maximum atomic E-state index is 12.1. The molecule has 1 aliphatic rings. The topological polar surface area (TPSA) is 50.5 Å². The summed E-state index contributed by atoms with van der Waals surface area (Å²) >= 11 is 2.36. The van der Waals surface area contributed by atoms with E-state index in [1.807, 2.05) is 37.3 Å². The van der Waals surface area contributed by atoms with E-state index in [4.69, 9.17) is 10.8 Å². The summed E-state index contributed by atoms with van der Waals surface area (Å²) < 4.78 is 5.71. The maximum Gasteiger partial charge on any atom is 0.294 e. The van der Waals surface area contributed by atoms with Crippen LogP contribution in [0.4, 0.5) is 4.79 Å². The normalized spacial score (nSPS) is 16.0. The van der Waals surface area contributed by atoms with Crippen molar-refractivity contribution in [1.29, 1.82) is 0 Å². The molecule has 0 saturated carbocycles. The van der Waals surface area contributed by atoms with Gasteiger partial charge in [-0.3, -0.25) is 14.5 Å². The molecule has 120 valence electrons. The van der Waals surface area contributed by atoms with E-state index in [1.165, 1.54) is 17.3 Å². The predicted molar refractivity (Wildman–Crippen MR) is 95.5 cm³/mol. The Hall–Kier alpha value is -2.36. The molecular formula is C18H13NO3S2. The third kappa shape index (κ3) is 3.58. The highest BCUT2D eigenvalue weighted by atomic mass is 32.2. The zero-order valence-corrected chi connectivity index (χ0v) is 14.4. The second-order valence-corrected chi connectivity index (χ2v) is 7.11. The zero-order chi connectivity index (χ0) is 17.1. The first-order chi connectivity index (χ1) is 11.6. The summed E-state index contributed by atoms with van der Waals surface area (Å²) in [6, 6.07) is 11.7. The van der Waals surface area contributed by atoms with Gasteiger partial charge in [-0.1, -0.05) is 35.4 Å². The van der Waals surface area contributed by atoms with Crippen LogP contribution in [0.2, 0.25) is 0 Å². The van der Waals surface area contributed by atoms with Gasteiger partial charge in [-0.05, 0) is 43.0 Å². The predicted octanol–water partition coefficient (Wildman–Crippen LogP) is 4.41. The van der Waals surface area contributed by atoms with Crippen LogP contribution in [0.5, 0.6) is 0 Å². The molecule has 1 fully saturated rings. The number of carbonyl (C=O) groups is 2. The highest BCUT2D eigenvalue weighted by Gasteiger charge is 2.34. The van der Waals surface area contributed by atoms with E-state index in [2.05, 4.69) is 5.92 Å². The van der Waals surface area contributed by atoms with Crippen molar-refractivity contribution in [3.63, 3.8) is 0 Å². The number of carbonyl (C=O) groups excluding carboxylic acids is 2. The van der Waals surface area contributed by atoms with E-state index in [0.717, 1.165) is 21.6 Å². The van der Waals surface area contributed by atoms with Gasteiger partial charge in [-0.25, -0.2) is 0 Å². The summed E-state index contributed by atoms with van der Waals surface area (Å²) in [6.45, 7) is 2.02. The Balaban J connectivity index is 1.74. The van der Waals surface area contributed by atoms with Crippen molar-refractivity contribution in [3.05, 3.63) is 52.6 Å². The smallest absolute Gasteiger partial charge is 0.294 e. The van der Waals surface area contributed by atoms with E-state index in [1.54, 1.807) is 12.1 Å². The van der Waals surface area contributed by atoms with Crippen molar-refractivity contribution in [2.75, 3.05) is 6.54 Å². The molecule has 2 amide bonds. The van der Waals surface area contributed by atoms with Gasteiger partial charge < -0.3 is 4.42 Å². The molecule has 1 aliphatic heterocycles. The summed E-state index contributed by atoms with van der Waals surface area (Å²) in [5.74, 6) is 2.45. The molecule has 0 spiro atoms. The van der Waals surface area contributed by atoms with Gasteiger partial charge in [-0.2, -0.15) is 0 Å². The standard InChI is InChI=1S/C18H13NO3S2/c1-3-10-19-17(20)15(24-18(19)21)11-13-6-9-16(22-13)23-14-7-4-12(2)5-8-14/h1,4-9,11H,10H2,2H3/b15-11+. The van der Waals surface area contributed by atoms with E-state index >= 15 is 0 Å². The number of terminal acetylenes is 1. The molecule has 0 N–H and O–H groups in total. The lowest BCUT2D eigenvalue weighted by atomic mass is 10.2. The van der Waals surface area contributed by atoms with Crippen LogP contribution in [0.3, 0.4) is 0 Å². The molecule has 0 atom stereocenters. The molecule has 2 heterocycles. The van der Waals surface area contributed by atoms with Gasteiger partial charge in [0.05, 0.1) is 11.4 Å². The largest absolute Gasteiger partial charge is 0.450 e. The van der Waals surface area contributed by atoms with Crippen LogP contribution in [-0.4, -0.2) is 22.6 Å². The van der Waals surface area contributed by atoms with Crippen molar-refractivity contribution in [2.24, 2.45) is 0 Å². The number of nitrogens with zero attached hydrogens (tertiary/aromatic N) is 1. The number of aryl methyl sites for hydroxylation is 1. The van der Waals surface area contributed by atoms with Crippen molar-refractivity contribution in [1.82, 2.24) is 4.90 Å². The molecule has 1 aromatic heterocycles. The van der Waals surface area contributed by atoms with Crippen LogP contribution in [0.1, 0.15) is 11.3 Å². The maximum absolute atomic E-state index is 12.1. The Labute approximate surface area is 148 Å². The van der Waals surface area contributed by atoms with Crippen LogP contribution < -0.4 is 0 Å². The average molecular weight is 355 g/mol. The average Bonchev–Trinajstić information content (AvgIpc) is 3.10. The van der Waals surface area contributed by atoms with E-state index in [-0.39, 0.29) is 17.7 Å². The van der Waals surface area contributed by atoms with Crippen molar-refractivity contribution >= 4 is 40.7 Å². The van der Waals surface area contributed by atoms with Gasteiger partial charge >= 0.3 is 0 Å². The lowest BCUT2D eigenvalue weighted by Gasteiger charge is -2.06. The Morgan fingerprint density at radius 1 is 1.25 bits per heavy atom. The van der Waals surface area contributed by atoms with Gasteiger partial charge in [0.25, 0.3) is 11.1 Å². The number of benzene rings is 1. The Bertz CT molecular complexity index is 859. The van der Waals surface area contributed by atoms with Gasteiger partial charge in [0.2, 0.25) is 0 Å². The summed E-state index contributed by atoms with van der Waals surface area (Å²) in [6.07, 6.45) is 6.74. The highest BCUT2D eigenvalue weighted by molar-refractivity contribution is 8.18. The van der Waals surface area contributed by atoms with Gasteiger partial charge in [0.15, 0.2) is 5.09 Å². The van der Waals surface area contributed by atoms with Gasteiger partial charge in [0, 0.05) is 11.0 Å². The molecule has 1 aromatic carbocycles. The molecule has 0 aliphatic carbocycles. The fourth-order valence-electron chi connectivity index (χ4n) is 2.05. The molecule has 0 bridgehead atoms. The number of hydrogen-bond donors (Lipinski definition) is 0. The van der Waals surface area contributed by atoms with Gasteiger partial charge in [-0.15, -0.1) is 6.42 Å². The molecule has 2 aromatic rings. The van der Waals surface area contributed by atoms with Crippen LogP contribution in [0.15, 0.2) is 55.7 Å². The Morgan fingerprint density at radius 3 is 2.71 bits per heavy atom. The molecule has 6 heteroatoms. The SMILES string of the molecule is C#CCN1C(=O)S/C(=C/c2ccc(Sc3ccc(C)cc3)o2)C1=O. The lowest BCUT2D eigenvalue weighted by Crippen LogP contribution is -2.28. The minimum Gasteiger partial charge on any atom is -0.450 e. The molecule has 1 saturated heterocycles. The molecular weight excluding hydrogens is 342 g/mol. The van der Waals surface area contributed by atoms with Gasteiger partial charge in [0.1, 0.15) is 5.76 Å². The van der Waals surface area contributed by atoms with Crippen LogP contribution in [-0.2, 0) is 4.79 Å². The van der Waals surface area contributed by atoms with E-state index in [9.17, 15) is 9.59 Å². The number of furan rings is 1. The lowest BCUT2D eigenvalue weighted by molar-refractivity contribution is -0.122. The van der Waals surface area contributed by atoms with Crippen LogP contribution >= 0.6 is 23.5 Å². The van der Waals surface area contributed by atoms with Crippen molar-refractivity contribution in [3.8, 4) is 12.3 Å². The quantitative estimate of drug-likeness (QED) is 0.601. The third-order valence-electron chi connectivity index (χ3n) is 3.24. The monoisotopic (exact) mass is 355 g/mol.